The van der Waals surface area contributed by atoms with Gasteiger partial charge in [0.1, 0.15) is 5.75 Å². The predicted octanol–water partition coefficient (Wildman–Crippen LogP) is 2.00. The Morgan fingerprint density at radius 1 is 1.10 bits per heavy atom. The van der Waals surface area contributed by atoms with Crippen molar-refractivity contribution in [2.75, 3.05) is 13.1 Å². The maximum atomic E-state index is 11.8. The van der Waals surface area contributed by atoms with Gasteiger partial charge in [0.05, 0.1) is 5.02 Å². The Morgan fingerprint density at radius 2 is 1.67 bits per heavy atom. The van der Waals surface area contributed by atoms with Gasteiger partial charge in [0.2, 0.25) is 5.91 Å². The topological polar surface area (TPSA) is 67.4 Å². The summed E-state index contributed by atoms with van der Waals surface area (Å²) in [6.45, 7) is 6.02. The fraction of sp³-hybridized carbons (Fsp3) is 0.467. The summed E-state index contributed by atoms with van der Waals surface area (Å²) in [6.07, 6.45) is -0.661. The lowest BCUT2D eigenvalue weighted by molar-refractivity contribution is -0.128. The van der Waals surface area contributed by atoms with E-state index in [0.717, 1.165) is 0 Å². The third kappa shape index (κ3) is 6.04. The highest BCUT2D eigenvalue weighted by molar-refractivity contribution is 6.32. The van der Waals surface area contributed by atoms with Crippen LogP contribution in [0.15, 0.2) is 24.3 Å². The molecule has 116 valence electrons. The van der Waals surface area contributed by atoms with Crippen molar-refractivity contribution in [3.05, 3.63) is 29.3 Å². The lowest BCUT2D eigenvalue weighted by Gasteiger charge is -2.15. The summed E-state index contributed by atoms with van der Waals surface area (Å²) in [6, 6.07) is 6.97. The Labute approximate surface area is 130 Å². The molecule has 0 heterocycles. The van der Waals surface area contributed by atoms with Crippen LogP contribution in [0.3, 0.4) is 0 Å². The minimum Gasteiger partial charge on any atom is -0.479 e. The van der Waals surface area contributed by atoms with Crippen LogP contribution in [-0.2, 0) is 9.59 Å². The maximum absolute atomic E-state index is 11.8. The molecule has 2 amide bonds. The van der Waals surface area contributed by atoms with Gasteiger partial charge < -0.3 is 15.4 Å². The van der Waals surface area contributed by atoms with Crippen LogP contribution in [0.1, 0.15) is 20.8 Å². The lowest BCUT2D eigenvalue weighted by Crippen LogP contribution is -2.41. The smallest absolute Gasteiger partial charge is 0.260 e. The van der Waals surface area contributed by atoms with Crippen molar-refractivity contribution in [1.29, 1.82) is 0 Å². The van der Waals surface area contributed by atoms with Gasteiger partial charge in [0, 0.05) is 19.0 Å². The average Bonchev–Trinajstić information content (AvgIpc) is 2.45. The van der Waals surface area contributed by atoms with E-state index in [2.05, 4.69) is 10.6 Å². The normalized spacial score (nSPS) is 11.9. The Bertz CT molecular complexity index is 492. The fourth-order valence-corrected chi connectivity index (χ4v) is 1.68. The number of carbonyl (C=O) groups is 2. The summed E-state index contributed by atoms with van der Waals surface area (Å²) in [5.41, 5.74) is 0. The minimum atomic E-state index is -0.661. The molecule has 1 rings (SSSR count). The number of halogens is 1. The summed E-state index contributed by atoms with van der Waals surface area (Å²) in [7, 11) is 0. The van der Waals surface area contributed by atoms with E-state index in [9.17, 15) is 9.59 Å². The SMILES string of the molecule is CC(C)C(=O)NCCNC(=O)C(C)Oc1ccccc1Cl. The van der Waals surface area contributed by atoms with Gasteiger partial charge in [-0.15, -0.1) is 0 Å². The number of nitrogens with one attached hydrogen (secondary N) is 2. The number of amides is 2. The van der Waals surface area contributed by atoms with E-state index in [1.165, 1.54) is 0 Å². The van der Waals surface area contributed by atoms with Gasteiger partial charge in [-0.05, 0) is 19.1 Å². The zero-order chi connectivity index (χ0) is 15.8. The van der Waals surface area contributed by atoms with E-state index in [1.54, 1.807) is 31.2 Å². The first-order valence-corrected chi connectivity index (χ1v) is 7.26. The Hall–Kier alpha value is -1.75. The number of para-hydroxylation sites is 1. The molecule has 0 spiro atoms. The van der Waals surface area contributed by atoms with Crippen molar-refractivity contribution in [2.45, 2.75) is 26.9 Å². The first-order chi connectivity index (χ1) is 9.91. The van der Waals surface area contributed by atoms with Gasteiger partial charge in [0.25, 0.3) is 5.91 Å². The van der Waals surface area contributed by atoms with Crippen LogP contribution in [0.2, 0.25) is 5.02 Å². The average molecular weight is 313 g/mol. The number of carbonyl (C=O) groups excluding carboxylic acids is 2. The molecule has 6 heteroatoms. The van der Waals surface area contributed by atoms with E-state index >= 15 is 0 Å². The molecule has 0 aliphatic rings. The summed E-state index contributed by atoms with van der Waals surface area (Å²) < 4.78 is 5.49. The predicted molar refractivity (Wildman–Crippen MR) is 82.4 cm³/mol. The van der Waals surface area contributed by atoms with Gasteiger partial charge in [-0.2, -0.15) is 0 Å². The second-order valence-corrected chi connectivity index (χ2v) is 5.33. The molecular weight excluding hydrogens is 292 g/mol. The van der Waals surface area contributed by atoms with Gasteiger partial charge in [0.15, 0.2) is 6.10 Å². The van der Waals surface area contributed by atoms with Crippen LogP contribution in [0.5, 0.6) is 5.75 Å². The first kappa shape index (κ1) is 17.3. The minimum absolute atomic E-state index is 0.0374. The standard InChI is InChI=1S/C15H21ClN2O3/c1-10(2)14(19)17-8-9-18-15(20)11(3)21-13-7-5-4-6-12(13)16/h4-7,10-11H,8-9H2,1-3H3,(H,17,19)(H,18,20). The van der Waals surface area contributed by atoms with Gasteiger partial charge >= 0.3 is 0 Å². The Morgan fingerprint density at radius 3 is 2.24 bits per heavy atom. The van der Waals surface area contributed by atoms with Crippen molar-refractivity contribution < 1.29 is 14.3 Å². The molecule has 21 heavy (non-hydrogen) atoms. The molecule has 0 fully saturated rings. The molecule has 0 saturated heterocycles. The van der Waals surface area contributed by atoms with Crippen molar-refractivity contribution in [2.24, 2.45) is 5.92 Å². The van der Waals surface area contributed by atoms with Crippen LogP contribution < -0.4 is 15.4 Å². The summed E-state index contributed by atoms with van der Waals surface area (Å²) >= 11 is 5.96. The molecule has 1 atom stereocenters. The zero-order valence-electron chi connectivity index (χ0n) is 12.5. The quantitative estimate of drug-likeness (QED) is 0.757. The highest BCUT2D eigenvalue weighted by Crippen LogP contribution is 2.24. The first-order valence-electron chi connectivity index (χ1n) is 6.88. The van der Waals surface area contributed by atoms with Crippen molar-refractivity contribution in [3.8, 4) is 5.75 Å². The molecule has 1 unspecified atom stereocenters. The monoisotopic (exact) mass is 312 g/mol. The van der Waals surface area contributed by atoms with Crippen molar-refractivity contribution in [3.63, 3.8) is 0 Å². The second-order valence-electron chi connectivity index (χ2n) is 4.93. The number of hydrogen-bond acceptors (Lipinski definition) is 3. The molecule has 0 aromatic heterocycles. The molecule has 1 aromatic rings. The van der Waals surface area contributed by atoms with E-state index in [0.29, 0.717) is 23.9 Å². The second kappa shape index (κ2) is 8.52. The number of rotatable bonds is 7. The van der Waals surface area contributed by atoms with Gasteiger partial charge in [-0.1, -0.05) is 37.6 Å². The van der Waals surface area contributed by atoms with Crippen LogP contribution in [0.25, 0.3) is 0 Å². The Kier molecular flexibility index (Phi) is 7.02. The largest absolute Gasteiger partial charge is 0.479 e. The fourth-order valence-electron chi connectivity index (χ4n) is 1.50. The zero-order valence-corrected chi connectivity index (χ0v) is 13.2. The molecule has 1 aromatic carbocycles. The molecule has 0 saturated carbocycles. The van der Waals surface area contributed by atoms with E-state index in [1.807, 2.05) is 13.8 Å². The van der Waals surface area contributed by atoms with Crippen molar-refractivity contribution >= 4 is 23.4 Å². The van der Waals surface area contributed by atoms with Crippen LogP contribution in [0, 0.1) is 5.92 Å². The van der Waals surface area contributed by atoms with E-state index in [4.69, 9.17) is 16.3 Å². The van der Waals surface area contributed by atoms with E-state index in [-0.39, 0.29) is 17.7 Å². The maximum Gasteiger partial charge on any atom is 0.260 e. The summed E-state index contributed by atoms with van der Waals surface area (Å²) in [4.78, 5) is 23.2. The lowest BCUT2D eigenvalue weighted by atomic mass is 10.2. The molecule has 5 nitrogen and oxygen atoms in total. The third-order valence-corrected chi connectivity index (χ3v) is 3.07. The molecule has 0 radical (unpaired) electrons. The van der Waals surface area contributed by atoms with Crippen LogP contribution in [0.4, 0.5) is 0 Å². The van der Waals surface area contributed by atoms with Crippen molar-refractivity contribution in [1.82, 2.24) is 10.6 Å². The number of ether oxygens (including phenoxy) is 1. The Balaban J connectivity index is 2.32. The van der Waals surface area contributed by atoms with E-state index < -0.39 is 6.10 Å². The highest BCUT2D eigenvalue weighted by atomic mass is 35.5. The number of hydrogen-bond donors (Lipinski definition) is 2. The molecule has 2 N–H and O–H groups in total. The molecule has 0 aliphatic heterocycles. The summed E-state index contributed by atoms with van der Waals surface area (Å²) in [5.74, 6) is 0.108. The highest BCUT2D eigenvalue weighted by Gasteiger charge is 2.15. The van der Waals surface area contributed by atoms with Crippen LogP contribution >= 0.6 is 11.6 Å². The molecular formula is C15H21ClN2O3. The summed E-state index contributed by atoms with van der Waals surface area (Å²) in [5, 5.41) is 5.87. The third-order valence-electron chi connectivity index (χ3n) is 2.76. The number of benzene rings is 1. The van der Waals surface area contributed by atoms with Gasteiger partial charge in [-0.3, -0.25) is 9.59 Å². The van der Waals surface area contributed by atoms with Crippen LogP contribution in [-0.4, -0.2) is 31.0 Å². The molecule has 0 aliphatic carbocycles. The molecule has 0 bridgehead atoms. The van der Waals surface area contributed by atoms with Gasteiger partial charge in [-0.25, -0.2) is 0 Å².